The predicted molar refractivity (Wildman–Crippen MR) is 128 cm³/mol. The molecule has 3 atom stereocenters. The van der Waals surface area contributed by atoms with Crippen LogP contribution in [0.15, 0.2) is 39.8 Å². The second-order valence-corrected chi connectivity index (χ2v) is 11.0. The van der Waals surface area contributed by atoms with Gasteiger partial charge in [0.15, 0.2) is 0 Å². The van der Waals surface area contributed by atoms with Crippen LogP contribution in [0.4, 0.5) is 5.69 Å². The van der Waals surface area contributed by atoms with Crippen LogP contribution in [0.5, 0.6) is 0 Å². The minimum atomic E-state index is -0.546. The van der Waals surface area contributed by atoms with Crippen molar-refractivity contribution < 1.29 is 23.9 Å². The Balaban J connectivity index is 1.45. The van der Waals surface area contributed by atoms with Gasteiger partial charge in [0, 0.05) is 34.6 Å². The number of esters is 1. The normalized spacial score (nSPS) is 24.4. The van der Waals surface area contributed by atoms with Crippen LogP contribution in [-0.2, 0) is 23.9 Å². The quantitative estimate of drug-likeness (QED) is 0.430. The van der Waals surface area contributed by atoms with Crippen LogP contribution in [0.3, 0.4) is 0 Å². The van der Waals surface area contributed by atoms with Gasteiger partial charge in [-0.15, -0.1) is 23.5 Å². The molecule has 3 unspecified atom stereocenters. The van der Waals surface area contributed by atoms with Crippen LogP contribution in [0.1, 0.15) is 51.9 Å². The van der Waals surface area contributed by atoms with Crippen molar-refractivity contribution in [2.75, 3.05) is 12.4 Å². The second kappa shape index (κ2) is 10.3. The lowest BCUT2D eigenvalue weighted by atomic mass is 9.98. The monoisotopic (exact) mass is 488 g/mol. The molecule has 1 saturated carbocycles. The molecule has 0 aromatic heterocycles. The molecule has 2 aliphatic heterocycles. The summed E-state index contributed by atoms with van der Waals surface area (Å²) in [6.45, 7) is 2.04. The molecule has 2 heterocycles. The lowest BCUT2D eigenvalue weighted by Gasteiger charge is -2.18. The van der Waals surface area contributed by atoms with E-state index < -0.39 is 11.2 Å². The number of thioether (sulfide) groups is 2. The number of imide groups is 1. The Morgan fingerprint density at radius 3 is 2.67 bits per heavy atom. The predicted octanol–water partition coefficient (Wildman–Crippen LogP) is 4.34. The van der Waals surface area contributed by atoms with E-state index in [0.717, 1.165) is 37.0 Å². The number of anilines is 1. The minimum Gasteiger partial charge on any atom is -0.466 e. The molecular weight excluding hydrogens is 460 g/mol. The molecular formula is C24H28N2O5S2. The number of carbonyl (C=O) groups excluding carboxylic acids is 4. The average molecular weight is 489 g/mol. The maximum Gasteiger partial charge on any atom is 0.336 e. The van der Waals surface area contributed by atoms with E-state index in [0.29, 0.717) is 22.7 Å². The summed E-state index contributed by atoms with van der Waals surface area (Å²) >= 11 is 2.80. The van der Waals surface area contributed by atoms with E-state index in [1.165, 1.54) is 35.5 Å². The number of methoxy groups -OCH3 is 1. The van der Waals surface area contributed by atoms with E-state index >= 15 is 0 Å². The number of hydrogen-bond donors (Lipinski definition) is 1. The molecule has 2 fully saturated rings. The van der Waals surface area contributed by atoms with E-state index in [9.17, 15) is 19.2 Å². The number of hydrogen-bond acceptors (Lipinski definition) is 7. The number of likely N-dealkylation sites (tertiary alicyclic amines) is 1. The van der Waals surface area contributed by atoms with Crippen LogP contribution >= 0.6 is 23.5 Å². The van der Waals surface area contributed by atoms with E-state index in [4.69, 9.17) is 4.74 Å². The van der Waals surface area contributed by atoms with Gasteiger partial charge in [-0.1, -0.05) is 19.8 Å². The van der Waals surface area contributed by atoms with Crippen molar-refractivity contribution in [2.45, 2.75) is 67.3 Å². The van der Waals surface area contributed by atoms with Crippen molar-refractivity contribution in [3.05, 3.63) is 34.9 Å². The number of unbranched alkanes of at least 4 members (excludes halogenated alkanes) is 1. The lowest BCUT2D eigenvalue weighted by Crippen LogP contribution is -2.31. The number of fused-ring (bicyclic) bond motifs is 1. The van der Waals surface area contributed by atoms with Crippen LogP contribution in [-0.4, -0.2) is 46.2 Å². The van der Waals surface area contributed by atoms with Gasteiger partial charge in [-0.3, -0.25) is 14.4 Å². The SMILES string of the molecule is CCCCC(=O)Nc1ccc(SC2CC(=O)N(C3=C(C(=O)OC)C4CCCC4S3)C2=O)cc1. The summed E-state index contributed by atoms with van der Waals surface area (Å²) in [5, 5.41) is 3.02. The molecule has 1 N–H and O–H groups in total. The van der Waals surface area contributed by atoms with Crippen molar-refractivity contribution in [3.63, 3.8) is 0 Å². The third-order valence-electron chi connectivity index (χ3n) is 6.20. The van der Waals surface area contributed by atoms with Gasteiger partial charge in [-0.25, -0.2) is 9.69 Å². The molecule has 1 saturated heterocycles. The first-order chi connectivity index (χ1) is 15.9. The highest BCUT2D eigenvalue weighted by Crippen LogP contribution is 2.53. The van der Waals surface area contributed by atoms with Crippen molar-refractivity contribution in [2.24, 2.45) is 5.92 Å². The highest BCUT2D eigenvalue weighted by molar-refractivity contribution is 8.04. The Hall–Kier alpha value is -2.26. The van der Waals surface area contributed by atoms with Crippen molar-refractivity contribution in [3.8, 4) is 0 Å². The fourth-order valence-electron chi connectivity index (χ4n) is 4.54. The Kier molecular flexibility index (Phi) is 7.48. The summed E-state index contributed by atoms with van der Waals surface area (Å²) in [6.07, 6.45) is 5.27. The smallest absolute Gasteiger partial charge is 0.336 e. The summed E-state index contributed by atoms with van der Waals surface area (Å²) in [6, 6.07) is 7.29. The molecule has 1 aromatic carbocycles. The maximum absolute atomic E-state index is 13.2. The molecule has 0 spiro atoms. The van der Waals surface area contributed by atoms with Gasteiger partial charge in [0.1, 0.15) is 0 Å². The number of rotatable bonds is 8. The number of benzene rings is 1. The first-order valence-corrected chi connectivity index (χ1v) is 13.1. The zero-order valence-corrected chi connectivity index (χ0v) is 20.4. The molecule has 9 heteroatoms. The number of carbonyl (C=O) groups is 4. The zero-order chi connectivity index (χ0) is 23.5. The van der Waals surface area contributed by atoms with Crippen molar-refractivity contribution >= 4 is 52.9 Å². The fourth-order valence-corrected chi connectivity index (χ4v) is 7.26. The van der Waals surface area contributed by atoms with Gasteiger partial charge in [-0.2, -0.15) is 0 Å². The van der Waals surface area contributed by atoms with Gasteiger partial charge >= 0.3 is 5.97 Å². The highest BCUT2D eigenvalue weighted by Gasteiger charge is 2.50. The topological polar surface area (TPSA) is 92.8 Å². The molecule has 176 valence electrons. The molecule has 3 amide bonds. The summed E-state index contributed by atoms with van der Waals surface area (Å²) in [7, 11) is 1.34. The molecule has 33 heavy (non-hydrogen) atoms. The molecule has 1 aromatic rings. The van der Waals surface area contributed by atoms with Crippen LogP contribution in [0.25, 0.3) is 0 Å². The van der Waals surface area contributed by atoms with Crippen LogP contribution in [0, 0.1) is 5.92 Å². The molecule has 0 bridgehead atoms. The van der Waals surface area contributed by atoms with Crippen molar-refractivity contribution in [1.82, 2.24) is 4.90 Å². The third kappa shape index (κ3) is 4.99. The standard InChI is InChI=1S/C24H28N2O5S2/c1-3-4-8-19(27)25-14-9-11-15(12-10-14)32-18-13-20(28)26(22(18)29)23-21(24(30)31-2)16-6-5-7-17(16)33-23/h9-12,16-18H,3-8,13H2,1-2H3,(H,25,27). The van der Waals surface area contributed by atoms with Gasteiger partial charge in [0.05, 0.1) is 23.0 Å². The van der Waals surface area contributed by atoms with E-state index in [2.05, 4.69) is 5.32 Å². The van der Waals surface area contributed by atoms with E-state index in [1.807, 2.05) is 19.1 Å². The number of amides is 3. The molecule has 7 nitrogen and oxygen atoms in total. The van der Waals surface area contributed by atoms with Crippen molar-refractivity contribution in [1.29, 1.82) is 0 Å². The zero-order valence-electron chi connectivity index (χ0n) is 18.8. The number of ether oxygens (including phenoxy) is 1. The third-order valence-corrected chi connectivity index (χ3v) is 8.89. The summed E-state index contributed by atoms with van der Waals surface area (Å²) in [5.74, 6) is -0.977. The first kappa shape index (κ1) is 23.9. The number of nitrogens with zero attached hydrogens (tertiary/aromatic N) is 1. The van der Waals surface area contributed by atoms with Crippen LogP contribution < -0.4 is 5.32 Å². The fraction of sp³-hybridized carbons (Fsp3) is 0.500. The van der Waals surface area contributed by atoms with Gasteiger partial charge in [0.25, 0.3) is 0 Å². The molecule has 4 rings (SSSR count). The Morgan fingerprint density at radius 2 is 1.97 bits per heavy atom. The van der Waals surface area contributed by atoms with E-state index in [-0.39, 0.29) is 35.3 Å². The summed E-state index contributed by atoms with van der Waals surface area (Å²) in [4.78, 5) is 52.5. The largest absolute Gasteiger partial charge is 0.466 e. The highest BCUT2D eigenvalue weighted by atomic mass is 32.2. The van der Waals surface area contributed by atoms with Gasteiger partial charge in [-0.05, 0) is 43.5 Å². The summed E-state index contributed by atoms with van der Waals surface area (Å²) < 4.78 is 4.99. The Morgan fingerprint density at radius 1 is 1.21 bits per heavy atom. The van der Waals surface area contributed by atoms with Gasteiger partial charge in [0.2, 0.25) is 17.7 Å². The number of nitrogens with one attached hydrogen (secondary N) is 1. The van der Waals surface area contributed by atoms with E-state index in [1.54, 1.807) is 12.1 Å². The molecule has 3 aliphatic rings. The lowest BCUT2D eigenvalue weighted by molar-refractivity contribution is -0.137. The van der Waals surface area contributed by atoms with Crippen LogP contribution in [0.2, 0.25) is 0 Å². The average Bonchev–Trinajstić information content (AvgIpc) is 3.46. The Bertz CT molecular complexity index is 991. The molecule has 0 radical (unpaired) electrons. The minimum absolute atomic E-state index is 0.0158. The second-order valence-electron chi connectivity index (χ2n) is 8.46. The first-order valence-electron chi connectivity index (χ1n) is 11.4. The maximum atomic E-state index is 13.2. The molecule has 1 aliphatic carbocycles. The van der Waals surface area contributed by atoms with Gasteiger partial charge < -0.3 is 10.1 Å². The Labute approximate surface area is 202 Å². The summed E-state index contributed by atoms with van der Waals surface area (Å²) in [5.41, 5.74) is 1.19.